The molecule has 0 saturated carbocycles. The quantitative estimate of drug-likeness (QED) is 0.163. The summed E-state index contributed by atoms with van der Waals surface area (Å²) in [5.74, 6) is 1.05. The maximum atomic E-state index is 12.6. The third-order valence-electron chi connectivity index (χ3n) is 8.61. The maximum absolute atomic E-state index is 12.6. The van der Waals surface area contributed by atoms with Crippen LogP contribution in [0.15, 0.2) is 97.2 Å². The number of fused-ring (bicyclic) bond motifs is 1. The minimum atomic E-state index is -0.502. The molecule has 1 aliphatic rings. The molecule has 8 heteroatoms. The number of nitrogens with zero attached hydrogens (tertiary/aromatic N) is 4. The average molecular weight is 633 g/mol. The van der Waals surface area contributed by atoms with Crippen LogP contribution >= 0.6 is 0 Å². The monoisotopic (exact) mass is 632 g/mol. The van der Waals surface area contributed by atoms with Crippen LogP contribution in [0.4, 0.5) is 10.5 Å². The summed E-state index contributed by atoms with van der Waals surface area (Å²) in [5.41, 5.74) is 5.91. The van der Waals surface area contributed by atoms with Crippen molar-refractivity contribution >= 4 is 22.7 Å². The fourth-order valence-electron chi connectivity index (χ4n) is 6.05. The molecule has 244 valence electrons. The molecule has 2 aromatic heterocycles. The Bertz CT molecular complexity index is 1810. The molecular weight excluding hydrogens is 588 g/mol. The number of anilines is 1. The maximum Gasteiger partial charge on any atom is 0.410 e. The summed E-state index contributed by atoms with van der Waals surface area (Å²) in [4.78, 5) is 21.6. The SMILES string of the molecule is CN(C(=O)OC(C)(C)C)C1CCN(c2ccc3c(-c4ccc(OCc5ccccc5)nc4OCc4ccccc4)cn(C)c3c2)CC1. The zero-order valence-corrected chi connectivity index (χ0v) is 28.0. The summed E-state index contributed by atoms with van der Waals surface area (Å²) in [7, 11) is 3.92. The molecule has 0 radical (unpaired) electrons. The van der Waals surface area contributed by atoms with Crippen LogP contribution in [0.5, 0.6) is 11.8 Å². The first-order chi connectivity index (χ1) is 22.6. The number of rotatable bonds is 9. The van der Waals surface area contributed by atoms with E-state index in [9.17, 15) is 4.79 Å². The standard InChI is InChI=1S/C39H44N4O4/c1-39(2,3)47-38(44)42(5)30-20-22-43(23-21-30)31-16-17-32-34(25-41(4)35(32)24-31)33-18-19-36(45-26-28-12-8-6-9-13-28)40-37(33)46-27-29-14-10-7-11-15-29/h6-19,24-25,30H,20-23,26-27H2,1-5H3. The van der Waals surface area contributed by atoms with E-state index in [1.807, 2.05) is 101 Å². The first kappa shape index (κ1) is 32.0. The number of aryl methyl sites for hydroxylation is 1. The van der Waals surface area contributed by atoms with Crippen LogP contribution in [0, 0.1) is 0 Å². The fourth-order valence-corrected chi connectivity index (χ4v) is 6.05. The van der Waals surface area contributed by atoms with E-state index in [2.05, 4.69) is 40.9 Å². The summed E-state index contributed by atoms with van der Waals surface area (Å²) >= 11 is 0. The topological polar surface area (TPSA) is 69.1 Å². The predicted molar refractivity (Wildman–Crippen MR) is 187 cm³/mol. The van der Waals surface area contributed by atoms with E-state index in [1.54, 1.807) is 4.90 Å². The van der Waals surface area contributed by atoms with Gasteiger partial charge in [0.2, 0.25) is 11.8 Å². The Morgan fingerprint density at radius 2 is 1.49 bits per heavy atom. The molecule has 3 heterocycles. The van der Waals surface area contributed by atoms with Crippen molar-refractivity contribution in [2.24, 2.45) is 7.05 Å². The van der Waals surface area contributed by atoms with Crippen molar-refractivity contribution < 1.29 is 19.0 Å². The van der Waals surface area contributed by atoms with Crippen LogP contribution in [0.2, 0.25) is 0 Å². The molecule has 1 amide bonds. The van der Waals surface area contributed by atoms with Crippen LogP contribution in [0.1, 0.15) is 44.7 Å². The summed E-state index contributed by atoms with van der Waals surface area (Å²) < 4.78 is 20.2. The van der Waals surface area contributed by atoms with Crippen molar-refractivity contribution in [1.29, 1.82) is 0 Å². The van der Waals surface area contributed by atoms with Crippen LogP contribution in [-0.2, 0) is 25.0 Å². The molecule has 1 saturated heterocycles. The van der Waals surface area contributed by atoms with Gasteiger partial charge in [-0.05, 0) is 62.9 Å². The van der Waals surface area contributed by atoms with Gasteiger partial charge in [0.25, 0.3) is 0 Å². The molecule has 3 aromatic carbocycles. The van der Waals surface area contributed by atoms with E-state index in [0.717, 1.165) is 59.1 Å². The number of hydrogen-bond donors (Lipinski definition) is 0. The molecule has 0 unspecified atom stereocenters. The average Bonchev–Trinajstić information content (AvgIpc) is 3.41. The Kier molecular flexibility index (Phi) is 9.38. The second-order valence-electron chi connectivity index (χ2n) is 13.2. The van der Waals surface area contributed by atoms with Crippen molar-refractivity contribution in [2.45, 2.75) is 58.5 Å². The van der Waals surface area contributed by atoms with Crippen molar-refractivity contribution in [3.8, 4) is 22.9 Å². The van der Waals surface area contributed by atoms with Crippen molar-refractivity contribution in [1.82, 2.24) is 14.5 Å². The number of amides is 1. The molecule has 0 atom stereocenters. The van der Waals surface area contributed by atoms with E-state index in [0.29, 0.717) is 25.0 Å². The lowest BCUT2D eigenvalue weighted by Crippen LogP contribution is -2.47. The van der Waals surface area contributed by atoms with Crippen LogP contribution < -0.4 is 14.4 Å². The van der Waals surface area contributed by atoms with Crippen LogP contribution in [0.25, 0.3) is 22.0 Å². The number of carbonyl (C=O) groups excluding carboxylic acids is 1. The fraction of sp³-hybridized carbons (Fsp3) is 0.333. The molecule has 6 rings (SSSR count). The zero-order valence-electron chi connectivity index (χ0n) is 28.0. The zero-order chi connectivity index (χ0) is 33.0. The molecule has 1 aliphatic heterocycles. The highest BCUT2D eigenvalue weighted by Gasteiger charge is 2.29. The van der Waals surface area contributed by atoms with Crippen molar-refractivity contribution in [3.63, 3.8) is 0 Å². The number of carbonyl (C=O) groups is 1. The van der Waals surface area contributed by atoms with Gasteiger partial charge in [-0.1, -0.05) is 66.7 Å². The minimum absolute atomic E-state index is 0.160. The first-order valence-corrected chi connectivity index (χ1v) is 16.3. The van der Waals surface area contributed by atoms with Crippen molar-refractivity contribution in [2.75, 3.05) is 25.0 Å². The van der Waals surface area contributed by atoms with Gasteiger partial charge in [-0.3, -0.25) is 0 Å². The molecule has 1 fully saturated rings. The number of aromatic nitrogens is 2. The first-order valence-electron chi connectivity index (χ1n) is 16.3. The van der Waals surface area contributed by atoms with E-state index in [-0.39, 0.29) is 12.1 Å². The smallest absolute Gasteiger partial charge is 0.410 e. The third kappa shape index (κ3) is 7.71. The van der Waals surface area contributed by atoms with Gasteiger partial charge in [0, 0.05) is 67.7 Å². The number of piperidine rings is 1. The van der Waals surface area contributed by atoms with Crippen molar-refractivity contribution in [3.05, 3.63) is 108 Å². The highest BCUT2D eigenvalue weighted by molar-refractivity contribution is 5.98. The Balaban J connectivity index is 1.22. The summed E-state index contributed by atoms with van der Waals surface area (Å²) in [6.07, 6.45) is 3.66. The van der Waals surface area contributed by atoms with Gasteiger partial charge in [-0.25, -0.2) is 4.79 Å². The van der Waals surface area contributed by atoms with Gasteiger partial charge in [0.05, 0.1) is 5.52 Å². The molecule has 47 heavy (non-hydrogen) atoms. The number of pyridine rings is 1. The van der Waals surface area contributed by atoms with Gasteiger partial charge in [0.1, 0.15) is 18.8 Å². The summed E-state index contributed by atoms with van der Waals surface area (Å²) in [5, 5.41) is 1.13. The predicted octanol–water partition coefficient (Wildman–Crippen LogP) is 8.23. The van der Waals surface area contributed by atoms with Gasteiger partial charge in [-0.15, -0.1) is 0 Å². The third-order valence-corrected chi connectivity index (χ3v) is 8.61. The largest absolute Gasteiger partial charge is 0.473 e. The van der Waals surface area contributed by atoms with Gasteiger partial charge >= 0.3 is 6.09 Å². The molecule has 0 bridgehead atoms. The lowest BCUT2D eigenvalue weighted by molar-refractivity contribution is 0.0201. The second kappa shape index (κ2) is 13.8. The molecule has 0 aliphatic carbocycles. The lowest BCUT2D eigenvalue weighted by Gasteiger charge is -2.38. The number of benzene rings is 3. The molecule has 0 spiro atoms. The molecule has 8 nitrogen and oxygen atoms in total. The normalized spacial score (nSPS) is 13.9. The molecular formula is C39H44N4O4. The highest BCUT2D eigenvalue weighted by atomic mass is 16.6. The van der Waals surface area contributed by atoms with E-state index < -0.39 is 5.60 Å². The van der Waals surface area contributed by atoms with Gasteiger partial charge in [-0.2, -0.15) is 4.98 Å². The second-order valence-corrected chi connectivity index (χ2v) is 13.2. The highest BCUT2D eigenvalue weighted by Crippen LogP contribution is 2.38. The minimum Gasteiger partial charge on any atom is -0.473 e. The van der Waals surface area contributed by atoms with Crippen LogP contribution in [0.3, 0.4) is 0 Å². The number of ether oxygens (including phenoxy) is 3. The Labute approximate surface area is 277 Å². The van der Waals surface area contributed by atoms with E-state index in [1.165, 1.54) is 5.69 Å². The van der Waals surface area contributed by atoms with E-state index in [4.69, 9.17) is 19.2 Å². The molecule has 0 N–H and O–H groups in total. The Morgan fingerprint density at radius 3 is 2.13 bits per heavy atom. The number of hydrogen-bond acceptors (Lipinski definition) is 6. The van der Waals surface area contributed by atoms with Gasteiger partial charge in [0.15, 0.2) is 0 Å². The van der Waals surface area contributed by atoms with Crippen LogP contribution in [-0.4, -0.2) is 52.3 Å². The molecule has 5 aromatic rings. The van der Waals surface area contributed by atoms with Gasteiger partial charge < -0.3 is 28.6 Å². The Morgan fingerprint density at radius 1 is 0.851 bits per heavy atom. The Hall–Kier alpha value is -4.98. The lowest BCUT2D eigenvalue weighted by atomic mass is 10.0. The summed E-state index contributed by atoms with van der Waals surface area (Å²) in [6, 6.07) is 31.0. The van der Waals surface area contributed by atoms with E-state index >= 15 is 0 Å². The summed E-state index contributed by atoms with van der Waals surface area (Å²) in [6.45, 7) is 8.27.